The monoisotopic (exact) mass is 269 g/mol. The third kappa shape index (κ3) is 2.33. The summed E-state index contributed by atoms with van der Waals surface area (Å²) < 4.78 is 1.79. The van der Waals surface area contributed by atoms with Gasteiger partial charge in [0.2, 0.25) is 0 Å². The van der Waals surface area contributed by atoms with Gasteiger partial charge in [0.25, 0.3) is 0 Å². The molecule has 3 rings (SSSR count). The van der Waals surface area contributed by atoms with Gasteiger partial charge in [0.15, 0.2) is 5.78 Å². The van der Waals surface area contributed by atoms with Crippen LogP contribution in [0.2, 0.25) is 0 Å². The molecule has 1 aliphatic rings. The van der Waals surface area contributed by atoms with E-state index in [4.69, 9.17) is 0 Å². The lowest BCUT2D eigenvalue weighted by Gasteiger charge is -2.20. The number of fused-ring (bicyclic) bond motifs is 1. The van der Waals surface area contributed by atoms with Gasteiger partial charge in [-0.2, -0.15) is 5.10 Å². The molecule has 0 fully saturated rings. The summed E-state index contributed by atoms with van der Waals surface area (Å²) in [6.45, 7) is 2.94. The van der Waals surface area contributed by atoms with E-state index in [1.807, 2.05) is 32.2 Å². The summed E-state index contributed by atoms with van der Waals surface area (Å²) in [7, 11) is 1.89. The van der Waals surface area contributed by atoms with E-state index >= 15 is 0 Å². The number of aromatic nitrogens is 2. The van der Waals surface area contributed by atoms with Crippen LogP contribution in [0.15, 0.2) is 24.3 Å². The van der Waals surface area contributed by atoms with Crippen molar-refractivity contribution in [3.05, 3.63) is 46.8 Å². The number of ketones is 1. The average Bonchev–Trinajstić information content (AvgIpc) is 2.76. The summed E-state index contributed by atoms with van der Waals surface area (Å²) in [5.74, 6) is 0.175. The van der Waals surface area contributed by atoms with E-state index in [9.17, 15) is 4.79 Å². The molecule has 1 aromatic carbocycles. The van der Waals surface area contributed by atoms with Crippen LogP contribution in [0.4, 0.5) is 5.69 Å². The van der Waals surface area contributed by atoms with Crippen LogP contribution in [0.5, 0.6) is 0 Å². The third-order valence-electron chi connectivity index (χ3n) is 3.84. The molecule has 0 spiro atoms. The molecule has 0 bridgehead atoms. The molecule has 0 atom stereocenters. The molecule has 2 heterocycles. The van der Waals surface area contributed by atoms with E-state index in [0.29, 0.717) is 6.42 Å². The van der Waals surface area contributed by atoms with Crippen LogP contribution >= 0.6 is 0 Å². The largest absolute Gasteiger partial charge is 0.385 e. The zero-order valence-electron chi connectivity index (χ0n) is 11.9. The number of carbonyl (C=O) groups is 1. The summed E-state index contributed by atoms with van der Waals surface area (Å²) in [4.78, 5) is 12.6. The van der Waals surface area contributed by atoms with Crippen molar-refractivity contribution in [3.8, 4) is 0 Å². The van der Waals surface area contributed by atoms with Crippen LogP contribution in [0.1, 0.15) is 33.7 Å². The van der Waals surface area contributed by atoms with E-state index in [1.54, 1.807) is 4.68 Å². The number of carbonyl (C=O) groups excluding carboxylic acids is 1. The molecule has 20 heavy (non-hydrogen) atoms. The minimum absolute atomic E-state index is 0.175. The Bertz CT molecular complexity index is 658. The molecule has 2 aromatic rings. The van der Waals surface area contributed by atoms with E-state index in [2.05, 4.69) is 16.5 Å². The Morgan fingerprint density at radius 3 is 3.05 bits per heavy atom. The summed E-state index contributed by atoms with van der Waals surface area (Å²) in [5.41, 5.74) is 5.06. The van der Waals surface area contributed by atoms with Crippen LogP contribution in [0.25, 0.3) is 0 Å². The number of hydrogen-bond donors (Lipinski definition) is 1. The fourth-order valence-corrected chi connectivity index (χ4v) is 2.86. The zero-order valence-corrected chi connectivity index (χ0v) is 11.9. The lowest BCUT2D eigenvalue weighted by atomic mass is 9.93. The molecule has 1 N–H and O–H groups in total. The molecule has 0 amide bonds. The first-order chi connectivity index (χ1) is 9.65. The highest BCUT2D eigenvalue weighted by molar-refractivity contribution is 6.00. The molecule has 0 saturated heterocycles. The van der Waals surface area contributed by atoms with Gasteiger partial charge in [-0.05, 0) is 37.5 Å². The van der Waals surface area contributed by atoms with Crippen LogP contribution in [-0.2, 0) is 19.9 Å². The number of rotatable bonds is 3. The van der Waals surface area contributed by atoms with Crippen LogP contribution < -0.4 is 5.32 Å². The Labute approximate surface area is 118 Å². The van der Waals surface area contributed by atoms with Crippen molar-refractivity contribution in [3.63, 3.8) is 0 Å². The Balaban J connectivity index is 1.89. The maximum atomic E-state index is 12.6. The molecule has 104 valence electrons. The molecule has 0 radical (unpaired) electrons. The van der Waals surface area contributed by atoms with Gasteiger partial charge in [0, 0.05) is 30.5 Å². The smallest absolute Gasteiger partial charge is 0.169 e. The van der Waals surface area contributed by atoms with Crippen molar-refractivity contribution < 1.29 is 4.79 Å². The van der Waals surface area contributed by atoms with Crippen LogP contribution in [0.3, 0.4) is 0 Å². The Morgan fingerprint density at radius 2 is 2.30 bits per heavy atom. The van der Waals surface area contributed by atoms with Gasteiger partial charge in [-0.25, -0.2) is 0 Å². The molecular weight excluding hydrogens is 250 g/mol. The van der Waals surface area contributed by atoms with Crippen molar-refractivity contribution >= 4 is 11.5 Å². The first-order valence-electron chi connectivity index (χ1n) is 7.03. The molecule has 0 saturated carbocycles. The van der Waals surface area contributed by atoms with Gasteiger partial charge in [0.1, 0.15) is 0 Å². The highest BCUT2D eigenvalue weighted by Gasteiger charge is 2.18. The number of nitrogens with zero attached hydrogens (tertiary/aromatic N) is 2. The van der Waals surface area contributed by atoms with Crippen molar-refractivity contribution in [2.24, 2.45) is 7.05 Å². The lowest BCUT2D eigenvalue weighted by molar-refractivity contribution is 0.0990. The maximum absolute atomic E-state index is 12.6. The van der Waals surface area contributed by atoms with Crippen molar-refractivity contribution in [2.45, 2.75) is 26.2 Å². The fraction of sp³-hybridized carbons (Fsp3) is 0.375. The number of benzene rings is 1. The molecule has 1 aromatic heterocycles. The first kappa shape index (κ1) is 12.9. The van der Waals surface area contributed by atoms with Crippen molar-refractivity contribution in [1.29, 1.82) is 0 Å². The molecule has 4 nitrogen and oxygen atoms in total. The topological polar surface area (TPSA) is 46.9 Å². The Hall–Kier alpha value is -2.10. The second kappa shape index (κ2) is 5.12. The number of hydrogen-bond acceptors (Lipinski definition) is 3. The summed E-state index contributed by atoms with van der Waals surface area (Å²) in [6, 6.07) is 7.93. The summed E-state index contributed by atoms with van der Waals surface area (Å²) in [6.07, 6.45) is 2.48. The normalized spacial score (nSPS) is 13.7. The summed E-state index contributed by atoms with van der Waals surface area (Å²) in [5, 5.41) is 7.66. The Kier molecular flexibility index (Phi) is 3.30. The standard InChI is InChI=1S/C16H19N3O/c1-11-9-12(19(2)18-11)10-16(20)14-5-3-7-15-13(14)6-4-8-17-15/h3,5,7,9,17H,4,6,8,10H2,1-2H3. The molecule has 0 aliphatic carbocycles. The van der Waals surface area contributed by atoms with Gasteiger partial charge in [0.05, 0.1) is 12.1 Å². The van der Waals surface area contributed by atoms with Crippen molar-refractivity contribution in [1.82, 2.24) is 9.78 Å². The molecule has 0 unspecified atom stereocenters. The maximum Gasteiger partial charge on any atom is 0.169 e. The number of Topliss-reactive ketones (excluding diaryl/α,β-unsaturated/α-hetero) is 1. The quantitative estimate of drug-likeness (QED) is 0.871. The second-order valence-electron chi connectivity index (χ2n) is 5.36. The fourth-order valence-electron chi connectivity index (χ4n) is 2.86. The first-order valence-corrected chi connectivity index (χ1v) is 7.03. The van der Waals surface area contributed by atoms with E-state index < -0.39 is 0 Å². The zero-order chi connectivity index (χ0) is 14.1. The highest BCUT2D eigenvalue weighted by Crippen LogP contribution is 2.26. The number of nitrogens with one attached hydrogen (secondary N) is 1. The Morgan fingerprint density at radius 1 is 1.45 bits per heavy atom. The number of aryl methyl sites for hydroxylation is 2. The van der Waals surface area contributed by atoms with Gasteiger partial charge in [-0.1, -0.05) is 12.1 Å². The van der Waals surface area contributed by atoms with Crippen molar-refractivity contribution in [2.75, 3.05) is 11.9 Å². The predicted octanol–water partition coefficient (Wildman–Crippen LogP) is 2.51. The lowest BCUT2D eigenvalue weighted by Crippen LogP contribution is -2.17. The second-order valence-corrected chi connectivity index (χ2v) is 5.36. The van der Waals surface area contributed by atoms with Crippen LogP contribution in [-0.4, -0.2) is 22.1 Å². The van der Waals surface area contributed by atoms with Crippen LogP contribution in [0, 0.1) is 6.92 Å². The highest BCUT2D eigenvalue weighted by atomic mass is 16.1. The third-order valence-corrected chi connectivity index (χ3v) is 3.84. The minimum Gasteiger partial charge on any atom is -0.385 e. The average molecular weight is 269 g/mol. The number of anilines is 1. The van der Waals surface area contributed by atoms with E-state index in [1.165, 1.54) is 5.56 Å². The van der Waals surface area contributed by atoms with Gasteiger partial charge in [-0.15, -0.1) is 0 Å². The SMILES string of the molecule is Cc1cc(CC(=O)c2cccc3c2CCCN3)n(C)n1. The van der Waals surface area contributed by atoms with Gasteiger partial charge >= 0.3 is 0 Å². The minimum atomic E-state index is 0.175. The molecular formula is C16H19N3O. The van der Waals surface area contributed by atoms with Gasteiger partial charge < -0.3 is 5.32 Å². The van der Waals surface area contributed by atoms with E-state index in [0.717, 1.165) is 42.0 Å². The predicted molar refractivity (Wildman–Crippen MR) is 79.2 cm³/mol. The van der Waals surface area contributed by atoms with E-state index in [-0.39, 0.29) is 5.78 Å². The molecule has 1 aliphatic heterocycles. The van der Waals surface area contributed by atoms with Gasteiger partial charge in [-0.3, -0.25) is 9.48 Å². The summed E-state index contributed by atoms with van der Waals surface area (Å²) >= 11 is 0. The molecule has 4 heteroatoms.